The van der Waals surface area contributed by atoms with Gasteiger partial charge in [0.15, 0.2) is 11.6 Å². The van der Waals surface area contributed by atoms with Crippen LogP contribution < -0.4 is 22.1 Å². The first-order chi connectivity index (χ1) is 15.3. The number of benzene rings is 1. The third-order valence-electron chi connectivity index (χ3n) is 5.84. The molecule has 1 aliphatic carbocycles. The van der Waals surface area contributed by atoms with Crippen molar-refractivity contribution in [2.45, 2.75) is 31.7 Å². The Bertz CT molecular complexity index is 1180. The van der Waals surface area contributed by atoms with E-state index in [0.717, 1.165) is 31.7 Å². The number of nitrogens with zero attached hydrogens (tertiary/aromatic N) is 2. The Morgan fingerprint density at radius 1 is 1.28 bits per heavy atom. The fourth-order valence-corrected chi connectivity index (χ4v) is 4.12. The number of aromatic amines is 1. The van der Waals surface area contributed by atoms with Crippen molar-refractivity contribution in [1.82, 2.24) is 9.97 Å². The van der Waals surface area contributed by atoms with Crippen LogP contribution >= 0.6 is 0 Å². The molecule has 11 heteroatoms. The number of carbonyl (C=O) groups excluding carboxylic acids is 1. The van der Waals surface area contributed by atoms with Gasteiger partial charge < -0.3 is 27.1 Å². The Morgan fingerprint density at radius 3 is 2.78 bits per heavy atom. The summed E-state index contributed by atoms with van der Waals surface area (Å²) in [6.07, 6.45) is 5.62. The van der Waals surface area contributed by atoms with Crippen molar-refractivity contribution in [1.29, 1.82) is 0 Å². The molecule has 0 bridgehead atoms. The Kier molecular flexibility index (Phi) is 5.91. The molecule has 32 heavy (non-hydrogen) atoms. The molecule has 10 nitrogen and oxygen atoms in total. The molecule has 3 aromatic rings. The third kappa shape index (κ3) is 4.33. The minimum Gasteiger partial charge on any atom is -0.367 e. The molecule has 1 amide bonds. The molecule has 1 fully saturated rings. The SMILES string of the molecule is NC(=O)c1cc(F)c(NCC2CCCCC2N)nc1Nc1cc([N+](=O)[O-])c2[nH]ccc2c1. The van der Waals surface area contributed by atoms with Crippen molar-refractivity contribution in [3.8, 4) is 0 Å². The molecular formula is C21H24FN7O3. The summed E-state index contributed by atoms with van der Waals surface area (Å²) in [6.45, 7) is 0.446. The number of fused-ring (bicyclic) bond motifs is 1. The van der Waals surface area contributed by atoms with Gasteiger partial charge in [0, 0.05) is 35.9 Å². The predicted molar refractivity (Wildman–Crippen MR) is 119 cm³/mol. The van der Waals surface area contributed by atoms with Crippen molar-refractivity contribution in [2.75, 3.05) is 17.2 Å². The summed E-state index contributed by atoms with van der Waals surface area (Å²) < 4.78 is 14.6. The van der Waals surface area contributed by atoms with Crippen molar-refractivity contribution in [2.24, 2.45) is 17.4 Å². The second-order valence-corrected chi connectivity index (χ2v) is 7.99. The van der Waals surface area contributed by atoms with Gasteiger partial charge in [0.1, 0.15) is 11.3 Å². The van der Waals surface area contributed by atoms with E-state index in [-0.39, 0.29) is 34.8 Å². The Hall–Kier alpha value is -3.73. The van der Waals surface area contributed by atoms with Crippen LogP contribution in [0, 0.1) is 21.8 Å². The molecule has 0 spiro atoms. The quantitative estimate of drug-likeness (QED) is 0.277. The number of anilines is 3. The summed E-state index contributed by atoms with van der Waals surface area (Å²) in [5.41, 5.74) is 11.9. The molecular weight excluding hydrogens is 417 g/mol. The van der Waals surface area contributed by atoms with Gasteiger partial charge in [-0.25, -0.2) is 9.37 Å². The number of carbonyl (C=O) groups is 1. The average Bonchev–Trinajstić information content (AvgIpc) is 3.22. The number of nitro benzene ring substituents is 1. The predicted octanol–water partition coefficient (Wildman–Crippen LogP) is 3.38. The van der Waals surface area contributed by atoms with Crippen LogP contribution in [0.3, 0.4) is 0 Å². The first-order valence-electron chi connectivity index (χ1n) is 10.4. The minimum absolute atomic E-state index is 0.00136. The van der Waals surface area contributed by atoms with Crippen LogP contribution in [0.25, 0.3) is 10.9 Å². The van der Waals surface area contributed by atoms with E-state index in [1.807, 2.05) is 0 Å². The third-order valence-corrected chi connectivity index (χ3v) is 5.84. The van der Waals surface area contributed by atoms with Crippen LogP contribution in [0.4, 0.5) is 27.4 Å². The van der Waals surface area contributed by atoms with Gasteiger partial charge >= 0.3 is 0 Å². The number of non-ortho nitro benzene ring substituents is 1. The van der Waals surface area contributed by atoms with Crippen molar-refractivity contribution in [3.05, 3.63) is 52.0 Å². The molecule has 1 aliphatic rings. The molecule has 1 aromatic carbocycles. The molecule has 4 rings (SSSR count). The van der Waals surface area contributed by atoms with Gasteiger partial charge in [-0.15, -0.1) is 0 Å². The topological polar surface area (TPSA) is 165 Å². The number of primary amides is 1. The fraction of sp³-hybridized carbons (Fsp3) is 0.333. The highest BCUT2D eigenvalue weighted by Crippen LogP contribution is 2.32. The normalized spacial score (nSPS) is 18.4. The molecule has 2 heterocycles. The maximum Gasteiger partial charge on any atom is 0.295 e. The van der Waals surface area contributed by atoms with Crippen LogP contribution in [0.1, 0.15) is 36.0 Å². The lowest BCUT2D eigenvalue weighted by atomic mass is 9.85. The van der Waals surface area contributed by atoms with Crippen LogP contribution in [0.5, 0.6) is 0 Å². The second-order valence-electron chi connectivity index (χ2n) is 7.99. The summed E-state index contributed by atoms with van der Waals surface area (Å²) in [5.74, 6) is -1.46. The zero-order valence-electron chi connectivity index (χ0n) is 17.2. The van der Waals surface area contributed by atoms with Gasteiger partial charge in [-0.3, -0.25) is 14.9 Å². The van der Waals surface area contributed by atoms with Crippen molar-refractivity contribution < 1.29 is 14.1 Å². The number of nitrogens with one attached hydrogen (secondary N) is 3. The van der Waals surface area contributed by atoms with E-state index in [4.69, 9.17) is 11.5 Å². The van der Waals surface area contributed by atoms with Gasteiger partial charge in [-0.2, -0.15) is 0 Å². The summed E-state index contributed by atoms with van der Waals surface area (Å²) >= 11 is 0. The highest BCUT2D eigenvalue weighted by atomic mass is 19.1. The smallest absolute Gasteiger partial charge is 0.295 e. The number of hydrogen-bond donors (Lipinski definition) is 5. The highest BCUT2D eigenvalue weighted by Gasteiger charge is 2.23. The Labute approximate surface area is 182 Å². The minimum atomic E-state index is -0.878. The zero-order chi connectivity index (χ0) is 22.8. The summed E-state index contributed by atoms with van der Waals surface area (Å²) in [7, 11) is 0. The first-order valence-corrected chi connectivity index (χ1v) is 10.4. The maximum atomic E-state index is 14.6. The monoisotopic (exact) mass is 441 g/mol. The molecule has 2 unspecified atom stereocenters. The first kappa shape index (κ1) is 21.5. The lowest BCUT2D eigenvalue weighted by molar-refractivity contribution is -0.383. The number of H-pyrrole nitrogens is 1. The van der Waals surface area contributed by atoms with Crippen molar-refractivity contribution in [3.63, 3.8) is 0 Å². The summed E-state index contributed by atoms with van der Waals surface area (Å²) in [4.78, 5) is 29.9. The van der Waals surface area contributed by atoms with E-state index in [9.17, 15) is 19.3 Å². The van der Waals surface area contributed by atoms with Crippen LogP contribution in [-0.4, -0.2) is 33.4 Å². The van der Waals surface area contributed by atoms with E-state index in [1.165, 1.54) is 6.07 Å². The number of amides is 1. The van der Waals surface area contributed by atoms with Crippen LogP contribution in [0.15, 0.2) is 30.5 Å². The molecule has 0 radical (unpaired) electrons. The number of halogens is 1. The van der Waals surface area contributed by atoms with Gasteiger partial charge in [-0.05, 0) is 37.0 Å². The number of rotatable bonds is 7. The standard InChI is InChI=1S/C21H24FN7O3/c22-15-9-14(19(24)30)20(28-21(15)26-10-12-3-1-2-4-16(12)23)27-13-7-11-5-6-25-18(11)17(8-13)29(31)32/h5-9,12,16,25H,1-4,10,23H2,(H2,24,30)(H2,26,27,28). The number of aromatic nitrogens is 2. The van der Waals surface area contributed by atoms with Crippen LogP contribution in [0.2, 0.25) is 0 Å². The zero-order valence-corrected chi connectivity index (χ0v) is 17.2. The molecule has 2 aromatic heterocycles. The molecule has 0 aliphatic heterocycles. The highest BCUT2D eigenvalue weighted by molar-refractivity contribution is 5.99. The van der Waals surface area contributed by atoms with E-state index in [0.29, 0.717) is 23.1 Å². The van der Waals surface area contributed by atoms with E-state index in [2.05, 4.69) is 20.6 Å². The molecule has 0 saturated heterocycles. The summed E-state index contributed by atoms with van der Waals surface area (Å²) in [6, 6.07) is 5.69. The largest absolute Gasteiger partial charge is 0.367 e. The van der Waals surface area contributed by atoms with Gasteiger partial charge in [0.25, 0.3) is 11.6 Å². The lowest BCUT2D eigenvalue weighted by Gasteiger charge is -2.28. The van der Waals surface area contributed by atoms with E-state index in [1.54, 1.807) is 18.3 Å². The van der Waals surface area contributed by atoms with E-state index >= 15 is 0 Å². The van der Waals surface area contributed by atoms with Crippen molar-refractivity contribution >= 4 is 39.8 Å². The molecule has 1 saturated carbocycles. The molecule has 7 N–H and O–H groups in total. The maximum absolute atomic E-state index is 14.6. The van der Waals surface area contributed by atoms with Gasteiger partial charge in [0.2, 0.25) is 0 Å². The molecule has 168 valence electrons. The summed E-state index contributed by atoms with van der Waals surface area (Å²) in [5, 5.41) is 17.9. The average molecular weight is 441 g/mol. The van der Waals surface area contributed by atoms with E-state index < -0.39 is 16.6 Å². The second kappa shape index (κ2) is 8.79. The van der Waals surface area contributed by atoms with Gasteiger partial charge in [-0.1, -0.05) is 12.8 Å². The Morgan fingerprint density at radius 2 is 2.06 bits per heavy atom. The number of pyridine rings is 1. The van der Waals surface area contributed by atoms with Crippen LogP contribution in [-0.2, 0) is 0 Å². The number of nitro groups is 1. The van der Waals surface area contributed by atoms with Gasteiger partial charge in [0.05, 0.1) is 10.5 Å². The molecule has 2 atom stereocenters. The number of hydrogen-bond acceptors (Lipinski definition) is 7. The Balaban J connectivity index is 1.65. The lowest BCUT2D eigenvalue weighted by Crippen LogP contribution is -2.37. The number of nitrogens with two attached hydrogens (primary N) is 2. The fourth-order valence-electron chi connectivity index (χ4n) is 4.12.